The monoisotopic (exact) mass is 383 g/mol. The Balaban J connectivity index is 1.64. The minimum Gasteiger partial charge on any atom is -0.371 e. The molecular formula is C19H20F3NO2S. The van der Waals surface area contributed by atoms with Crippen LogP contribution in [0.25, 0.3) is 0 Å². The topological polar surface area (TPSA) is 37.4 Å². The van der Waals surface area contributed by atoms with Crippen LogP contribution in [0.2, 0.25) is 0 Å². The van der Waals surface area contributed by atoms with Crippen LogP contribution < -0.4 is 4.90 Å². The van der Waals surface area contributed by atoms with Gasteiger partial charge >= 0.3 is 6.18 Å². The van der Waals surface area contributed by atoms with Crippen LogP contribution >= 0.6 is 0 Å². The van der Waals surface area contributed by atoms with E-state index in [1.54, 1.807) is 36.4 Å². The zero-order valence-corrected chi connectivity index (χ0v) is 15.1. The number of nitrogens with zero attached hydrogens (tertiary/aromatic N) is 1. The summed E-state index contributed by atoms with van der Waals surface area (Å²) < 4.78 is 61.0. The normalized spacial score (nSPS) is 16.7. The molecule has 0 amide bonds. The highest BCUT2D eigenvalue weighted by Crippen LogP contribution is 2.34. The second kappa shape index (κ2) is 6.95. The zero-order chi connectivity index (χ0) is 18.9. The third kappa shape index (κ3) is 4.20. The van der Waals surface area contributed by atoms with Gasteiger partial charge in [-0.05, 0) is 60.7 Å². The summed E-state index contributed by atoms with van der Waals surface area (Å²) in [6.45, 7) is 1.56. The second-order valence-corrected chi connectivity index (χ2v) is 8.66. The molecule has 26 heavy (non-hydrogen) atoms. The summed E-state index contributed by atoms with van der Waals surface area (Å²) in [6.07, 6.45) is -1.43. The number of piperidine rings is 1. The largest absolute Gasteiger partial charge is 0.416 e. The van der Waals surface area contributed by atoms with Gasteiger partial charge in [0.1, 0.15) is 0 Å². The first-order chi connectivity index (χ1) is 12.1. The maximum atomic E-state index is 12.7. The van der Waals surface area contributed by atoms with E-state index in [1.807, 2.05) is 0 Å². The highest BCUT2D eigenvalue weighted by atomic mass is 32.2. The molecule has 2 aromatic rings. The highest BCUT2D eigenvalue weighted by molar-refractivity contribution is 7.90. The molecule has 0 bridgehead atoms. The van der Waals surface area contributed by atoms with Crippen molar-refractivity contribution in [3.63, 3.8) is 0 Å². The van der Waals surface area contributed by atoms with Crippen molar-refractivity contribution in [2.45, 2.75) is 29.8 Å². The van der Waals surface area contributed by atoms with Gasteiger partial charge in [0.15, 0.2) is 9.84 Å². The van der Waals surface area contributed by atoms with Crippen LogP contribution in [0.15, 0.2) is 53.4 Å². The van der Waals surface area contributed by atoms with Gasteiger partial charge in [-0.1, -0.05) is 12.1 Å². The minimum absolute atomic E-state index is 0.240. The Morgan fingerprint density at radius 2 is 1.46 bits per heavy atom. The van der Waals surface area contributed by atoms with Gasteiger partial charge in [-0.2, -0.15) is 13.2 Å². The highest BCUT2D eigenvalue weighted by Gasteiger charge is 2.30. The molecule has 3 rings (SSSR count). The molecule has 3 nitrogen and oxygen atoms in total. The average molecular weight is 383 g/mol. The van der Waals surface area contributed by atoms with Crippen molar-refractivity contribution in [2.24, 2.45) is 0 Å². The van der Waals surface area contributed by atoms with E-state index in [1.165, 1.54) is 6.26 Å². The summed E-state index contributed by atoms with van der Waals surface area (Å²) in [5.74, 6) is 0.240. The minimum atomic E-state index is -4.31. The van der Waals surface area contributed by atoms with E-state index < -0.39 is 21.6 Å². The average Bonchev–Trinajstić information content (AvgIpc) is 2.61. The van der Waals surface area contributed by atoms with E-state index in [9.17, 15) is 21.6 Å². The molecule has 0 saturated carbocycles. The lowest BCUT2D eigenvalue weighted by Crippen LogP contribution is -2.32. The van der Waals surface area contributed by atoms with Crippen LogP contribution in [0.3, 0.4) is 0 Å². The Bertz CT molecular complexity index is 851. The summed E-state index contributed by atoms with van der Waals surface area (Å²) in [4.78, 5) is 2.47. The van der Waals surface area contributed by atoms with Crippen LogP contribution in [-0.4, -0.2) is 27.8 Å². The van der Waals surface area contributed by atoms with Crippen molar-refractivity contribution in [3.05, 3.63) is 59.7 Å². The molecule has 0 aromatic heterocycles. The summed E-state index contributed by atoms with van der Waals surface area (Å²) >= 11 is 0. The Morgan fingerprint density at radius 1 is 0.923 bits per heavy atom. The number of rotatable bonds is 3. The fourth-order valence-corrected chi connectivity index (χ4v) is 3.95. The van der Waals surface area contributed by atoms with Crippen LogP contribution in [0.1, 0.15) is 29.9 Å². The van der Waals surface area contributed by atoms with Crippen molar-refractivity contribution >= 4 is 15.5 Å². The summed E-state index contributed by atoms with van der Waals surface area (Å²) in [5, 5.41) is 0. The fourth-order valence-electron chi connectivity index (χ4n) is 3.32. The lowest BCUT2D eigenvalue weighted by Gasteiger charge is -2.34. The molecule has 0 atom stereocenters. The molecule has 140 valence electrons. The van der Waals surface area contributed by atoms with Gasteiger partial charge in [-0.25, -0.2) is 8.42 Å². The Hall–Kier alpha value is -2.02. The maximum absolute atomic E-state index is 12.7. The van der Waals surface area contributed by atoms with Gasteiger partial charge in [0.2, 0.25) is 0 Å². The van der Waals surface area contributed by atoms with E-state index in [-0.39, 0.29) is 5.92 Å². The van der Waals surface area contributed by atoms with Crippen LogP contribution in [-0.2, 0) is 16.0 Å². The number of benzene rings is 2. The number of alkyl halides is 3. The molecule has 1 saturated heterocycles. The fraction of sp³-hybridized carbons (Fsp3) is 0.368. The quantitative estimate of drug-likeness (QED) is 0.784. The SMILES string of the molecule is CS(=O)(=O)c1ccc(N2CCC(c3ccc(C(F)(F)F)cc3)CC2)cc1. The second-order valence-electron chi connectivity index (χ2n) is 6.65. The maximum Gasteiger partial charge on any atom is 0.416 e. The first-order valence-corrected chi connectivity index (χ1v) is 10.3. The third-order valence-corrected chi connectivity index (χ3v) is 5.96. The third-order valence-electron chi connectivity index (χ3n) is 4.83. The van der Waals surface area contributed by atoms with Gasteiger partial charge in [0, 0.05) is 25.0 Å². The standard InChI is InChI=1S/C19H20F3NO2S/c1-26(24,25)18-8-6-17(7-9-18)23-12-10-15(11-13-23)14-2-4-16(5-3-14)19(20,21)22/h2-9,15H,10-13H2,1H3. The summed E-state index contributed by atoms with van der Waals surface area (Å²) in [7, 11) is -3.21. The first-order valence-electron chi connectivity index (χ1n) is 8.37. The molecule has 0 N–H and O–H groups in total. The Labute approximate surface area is 151 Å². The lowest BCUT2D eigenvalue weighted by molar-refractivity contribution is -0.137. The van der Waals surface area contributed by atoms with Crippen molar-refractivity contribution in [1.82, 2.24) is 0 Å². The molecule has 1 aliphatic heterocycles. The van der Waals surface area contributed by atoms with Gasteiger partial charge in [0.05, 0.1) is 10.5 Å². The van der Waals surface area contributed by atoms with Crippen LogP contribution in [0.5, 0.6) is 0 Å². The van der Waals surface area contributed by atoms with Crippen LogP contribution in [0.4, 0.5) is 18.9 Å². The molecule has 1 heterocycles. The summed E-state index contributed by atoms with van der Waals surface area (Å²) in [5.41, 5.74) is 1.28. The predicted octanol–water partition coefficient (Wildman–Crippen LogP) is 4.49. The number of anilines is 1. The number of hydrogen-bond acceptors (Lipinski definition) is 3. The number of hydrogen-bond donors (Lipinski definition) is 0. The van der Waals surface area contributed by atoms with Crippen molar-refractivity contribution in [3.8, 4) is 0 Å². The summed E-state index contributed by atoms with van der Waals surface area (Å²) in [6, 6.07) is 12.2. The Kier molecular flexibility index (Phi) is 5.01. The van der Waals surface area contributed by atoms with Gasteiger partial charge in [-0.15, -0.1) is 0 Å². The molecule has 0 aliphatic carbocycles. The number of sulfone groups is 1. The van der Waals surface area contributed by atoms with E-state index in [0.717, 1.165) is 49.3 Å². The Morgan fingerprint density at radius 3 is 1.92 bits per heavy atom. The van der Waals surface area contributed by atoms with E-state index in [0.29, 0.717) is 4.90 Å². The number of halogens is 3. The predicted molar refractivity (Wildman–Crippen MR) is 95.2 cm³/mol. The molecule has 0 radical (unpaired) electrons. The van der Waals surface area contributed by atoms with E-state index in [2.05, 4.69) is 4.90 Å². The molecule has 2 aromatic carbocycles. The van der Waals surface area contributed by atoms with Gasteiger partial charge in [-0.3, -0.25) is 0 Å². The molecule has 0 unspecified atom stereocenters. The molecule has 7 heteroatoms. The van der Waals surface area contributed by atoms with E-state index in [4.69, 9.17) is 0 Å². The molecule has 0 spiro atoms. The van der Waals surface area contributed by atoms with Crippen molar-refractivity contribution in [1.29, 1.82) is 0 Å². The van der Waals surface area contributed by atoms with Crippen molar-refractivity contribution < 1.29 is 21.6 Å². The van der Waals surface area contributed by atoms with Gasteiger partial charge < -0.3 is 4.90 Å². The lowest BCUT2D eigenvalue weighted by atomic mass is 9.89. The van der Waals surface area contributed by atoms with E-state index >= 15 is 0 Å². The van der Waals surface area contributed by atoms with Crippen LogP contribution in [0, 0.1) is 0 Å². The van der Waals surface area contributed by atoms with Crippen molar-refractivity contribution in [2.75, 3.05) is 24.2 Å². The van der Waals surface area contributed by atoms with Gasteiger partial charge in [0.25, 0.3) is 0 Å². The molecule has 1 aliphatic rings. The molecule has 1 fully saturated rings. The smallest absolute Gasteiger partial charge is 0.371 e. The molecular weight excluding hydrogens is 363 g/mol. The first kappa shape index (κ1) is 18.8. The zero-order valence-electron chi connectivity index (χ0n) is 14.3.